The minimum absolute atomic E-state index is 0.220. The molecular weight excluding hydrogens is 376 g/mol. The first-order chi connectivity index (χ1) is 13.5. The third kappa shape index (κ3) is 4.53. The molecule has 28 heavy (non-hydrogen) atoms. The van der Waals surface area contributed by atoms with Crippen molar-refractivity contribution in [1.29, 1.82) is 5.26 Å². The maximum absolute atomic E-state index is 12.5. The predicted molar refractivity (Wildman–Crippen MR) is 107 cm³/mol. The molecule has 138 valence electrons. The molecule has 0 radical (unpaired) electrons. The van der Waals surface area contributed by atoms with E-state index < -0.39 is 11.8 Å². The van der Waals surface area contributed by atoms with Gasteiger partial charge in [0.2, 0.25) is 0 Å². The summed E-state index contributed by atoms with van der Waals surface area (Å²) in [4.78, 5) is 29.0. The second-order valence-corrected chi connectivity index (χ2v) is 6.46. The molecule has 0 atom stereocenters. The van der Waals surface area contributed by atoms with Gasteiger partial charge in [-0.3, -0.25) is 14.6 Å². The second-order valence-electron chi connectivity index (χ2n) is 6.02. The molecule has 3 rings (SSSR count). The first kappa shape index (κ1) is 19.1. The molecule has 0 saturated heterocycles. The van der Waals surface area contributed by atoms with Gasteiger partial charge in [0.05, 0.1) is 22.8 Å². The number of nitrogens with one attached hydrogen (secondary N) is 2. The van der Waals surface area contributed by atoms with Gasteiger partial charge in [0.25, 0.3) is 11.8 Å². The smallest absolute Gasteiger partial charge is 0.257 e. The zero-order chi connectivity index (χ0) is 20.1. The van der Waals surface area contributed by atoms with E-state index in [0.717, 1.165) is 5.56 Å². The predicted octanol–water partition coefficient (Wildman–Crippen LogP) is 4.42. The van der Waals surface area contributed by atoms with Crippen LogP contribution in [0.2, 0.25) is 5.02 Å². The van der Waals surface area contributed by atoms with Gasteiger partial charge in [-0.1, -0.05) is 23.7 Å². The lowest BCUT2D eigenvalue weighted by atomic mass is 10.1. The number of halogens is 1. The topological polar surface area (TPSA) is 94.9 Å². The maximum Gasteiger partial charge on any atom is 0.257 e. The highest BCUT2D eigenvalue weighted by Crippen LogP contribution is 2.21. The SMILES string of the molecule is Cc1ccc(Cl)cc1NC(=O)c1cncc(C(=O)Nc2cccc(C#N)c2)c1. The Balaban J connectivity index is 1.77. The number of nitrogens with zero attached hydrogens (tertiary/aromatic N) is 2. The van der Waals surface area contributed by atoms with Crippen LogP contribution in [0.5, 0.6) is 0 Å². The molecule has 0 fully saturated rings. The molecule has 0 bridgehead atoms. The first-order valence-corrected chi connectivity index (χ1v) is 8.68. The number of rotatable bonds is 4. The molecule has 7 heteroatoms. The van der Waals surface area contributed by atoms with Crippen LogP contribution in [-0.2, 0) is 0 Å². The molecule has 0 aliphatic carbocycles. The summed E-state index contributed by atoms with van der Waals surface area (Å²) < 4.78 is 0. The van der Waals surface area contributed by atoms with Crippen molar-refractivity contribution >= 4 is 34.8 Å². The highest BCUT2D eigenvalue weighted by molar-refractivity contribution is 6.31. The van der Waals surface area contributed by atoms with Crippen LogP contribution in [0.4, 0.5) is 11.4 Å². The summed E-state index contributed by atoms with van der Waals surface area (Å²) in [6.07, 6.45) is 2.74. The number of hydrogen-bond acceptors (Lipinski definition) is 4. The molecular formula is C21H15ClN4O2. The average molecular weight is 391 g/mol. The number of hydrogen-bond donors (Lipinski definition) is 2. The summed E-state index contributed by atoms with van der Waals surface area (Å²) in [6, 6.07) is 15.2. The minimum Gasteiger partial charge on any atom is -0.322 e. The van der Waals surface area contributed by atoms with Crippen LogP contribution in [0, 0.1) is 18.3 Å². The van der Waals surface area contributed by atoms with Crippen LogP contribution in [0.25, 0.3) is 0 Å². The van der Waals surface area contributed by atoms with Crippen molar-refractivity contribution in [3.8, 4) is 6.07 Å². The quantitative estimate of drug-likeness (QED) is 0.689. The van der Waals surface area contributed by atoms with Gasteiger partial charge in [-0.15, -0.1) is 0 Å². The number of carbonyl (C=O) groups is 2. The average Bonchev–Trinajstić information content (AvgIpc) is 2.71. The van der Waals surface area contributed by atoms with Crippen molar-refractivity contribution in [2.45, 2.75) is 6.92 Å². The lowest BCUT2D eigenvalue weighted by molar-refractivity contribution is 0.102. The molecule has 1 heterocycles. The Morgan fingerprint density at radius 3 is 2.43 bits per heavy atom. The van der Waals surface area contributed by atoms with E-state index >= 15 is 0 Å². The van der Waals surface area contributed by atoms with Crippen molar-refractivity contribution < 1.29 is 9.59 Å². The lowest BCUT2D eigenvalue weighted by Gasteiger charge is -2.10. The van der Waals surface area contributed by atoms with Crippen LogP contribution in [0.1, 0.15) is 31.8 Å². The van der Waals surface area contributed by atoms with E-state index in [4.69, 9.17) is 16.9 Å². The molecule has 3 aromatic rings. The number of nitriles is 1. The molecule has 1 aromatic heterocycles. The van der Waals surface area contributed by atoms with Crippen LogP contribution in [0.3, 0.4) is 0 Å². The Hall–Kier alpha value is -3.69. The summed E-state index contributed by atoms with van der Waals surface area (Å²) >= 11 is 5.98. The molecule has 0 aliphatic heterocycles. The standard InChI is InChI=1S/C21H15ClN4O2/c1-13-5-6-17(22)9-19(13)26-21(28)16-8-15(11-24-12-16)20(27)25-18-4-2-3-14(7-18)10-23/h2-9,11-12H,1H3,(H,25,27)(H,26,28). The third-order valence-electron chi connectivity index (χ3n) is 3.96. The van der Waals surface area contributed by atoms with Crippen molar-refractivity contribution in [2.75, 3.05) is 10.6 Å². The number of aromatic nitrogens is 1. The highest BCUT2D eigenvalue weighted by atomic mass is 35.5. The first-order valence-electron chi connectivity index (χ1n) is 8.30. The van der Waals surface area contributed by atoms with E-state index in [2.05, 4.69) is 15.6 Å². The Kier molecular flexibility index (Phi) is 5.68. The van der Waals surface area contributed by atoms with Gasteiger partial charge in [0.1, 0.15) is 0 Å². The summed E-state index contributed by atoms with van der Waals surface area (Å²) in [5.74, 6) is -0.838. The number of pyridine rings is 1. The van der Waals surface area contributed by atoms with Crippen molar-refractivity contribution in [3.05, 3.63) is 88.2 Å². The summed E-state index contributed by atoms with van der Waals surface area (Å²) in [7, 11) is 0. The molecule has 6 nitrogen and oxygen atoms in total. The van der Waals surface area contributed by atoms with E-state index in [9.17, 15) is 9.59 Å². The van der Waals surface area contributed by atoms with Crippen molar-refractivity contribution in [2.24, 2.45) is 0 Å². The number of carbonyl (C=O) groups excluding carboxylic acids is 2. The Bertz CT molecular complexity index is 1110. The normalized spacial score (nSPS) is 10.0. The molecule has 0 spiro atoms. The zero-order valence-electron chi connectivity index (χ0n) is 14.9. The van der Waals surface area contributed by atoms with Gasteiger partial charge in [0.15, 0.2) is 0 Å². The lowest BCUT2D eigenvalue weighted by Crippen LogP contribution is -2.16. The van der Waals surface area contributed by atoms with Gasteiger partial charge in [-0.25, -0.2) is 0 Å². The second kappa shape index (κ2) is 8.33. The molecule has 2 N–H and O–H groups in total. The largest absolute Gasteiger partial charge is 0.322 e. The molecule has 0 unspecified atom stereocenters. The van der Waals surface area contributed by atoms with Crippen LogP contribution in [-0.4, -0.2) is 16.8 Å². The van der Waals surface area contributed by atoms with Gasteiger partial charge in [-0.2, -0.15) is 5.26 Å². The van der Waals surface area contributed by atoms with E-state index in [1.165, 1.54) is 18.5 Å². The molecule has 2 aromatic carbocycles. The highest BCUT2D eigenvalue weighted by Gasteiger charge is 2.13. The van der Waals surface area contributed by atoms with E-state index in [1.54, 1.807) is 42.5 Å². The Morgan fingerprint density at radius 2 is 1.71 bits per heavy atom. The molecule has 0 aliphatic rings. The molecule has 0 saturated carbocycles. The summed E-state index contributed by atoms with van der Waals surface area (Å²) in [6.45, 7) is 1.85. The van der Waals surface area contributed by atoms with E-state index in [0.29, 0.717) is 22.0 Å². The van der Waals surface area contributed by atoms with E-state index in [1.807, 2.05) is 13.0 Å². The van der Waals surface area contributed by atoms with Crippen molar-refractivity contribution in [3.63, 3.8) is 0 Å². The Labute approximate surface area is 166 Å². The van der Waals surface area contributed by atoms with Gasteiger partial charge in [0, 0.05) is 28.8 Å². The fourth-order valence-corrected chi connectivity index (χ4v) is 2.65. The summed E-state index contributed by atoms with van der Waals surface area (Å²) in [5.41, 5.74) is 2.81. The fraction of sp³-hybridized carbons (Fsp3) is 0.0476. The number of anilines is 2. The fourth-order valence-electron chi connectivity index (χ4n) is 2.48. The monoisotopic (exact) mass is 390 g/mol. The zero-order valence-corrected chi connectivity index (χ0v) is 15.6. The van der Waals surface area contributed by atoms with E-state index in [-0.39, 0.29) is 11.1 Å². The maximum atomic E-state index is 12.5. The molecule has 2 amide bonds. The van der Waals surface area contributed by atoms with Crippen molar-refractivity contribution in [1.82, 2.24) is 4.98 Å². The third-order valence-corrected chi connectivity index (χ3v) is 4.20. The van der Waals surface area contributed by atoms with Crippen LogP contribution < -0.4 is 10.6 Å². The Morgan fingerprint density at radius 1 is 1.00 bits per heavy atom. The van der Waals surface area contributed by atoms with Gasteiger partial charge in [-0.05, 0) is 48.9 Å². The van der Waals surface area contributed by atoms with Crippen LogP contribution in [0.15, 0.2) is 60.9 Å². The van der Waals surface area contributed by atoms with Gasteiger partial charge < -0.3 is 10.6 Å². The van der Waals surface area contributed by atoms with Crippen LogP contribution >= 0.6 is 11.6 Å². The summed E-state index contributed by atoms with van der Waals surface area (Å²) in [5, 5.41) is 14.9. The number of benzene rings is 2. The number of amides is 2. The van der Waals surface area contributed by atoms with Gasteiger partial charge >= 0.3 is 0 Å². The number of aryl methyl sites for hydroxylation is 1. The minimum atomic E-state index is -0.434.